The Morgan fingerprint density at radius 3 is 2.50 bits per heavy atom. The third kappa shape index (κ3) is 3.12. The minimum absolute atomic E-state index is 0.0218. The number of carbonyl (C=O) groups is 2. The largest absolute Gasteiger partial charge is 0.326 e. The number of amides is 3. The number of fused-ring (bicyclic) bond motifs is 1. The first-order valence-corrected chi connectivity index (χ1v) is 10.2. The van der Waals surface area contributed by atoms with Gasteiger partial charge >= 0.3 is 6.03 Å². The third-order valence-electron chi connectivity index (χ3n) is 5.46. The van der Waals surface area contributed by atoms with Gasteiger partial charge in [-0.25, -0.2) is 17.9 Å². The number of nitrogens with zero attached hydrogens (tertiary/aromatic N) is 2. The van der Waals surface area contributed by atoms with E-state index in [1.807, 2.05) is 24.3 Å². The van der Waals surface area contributed by atoms with Gasteiger partial charge in [-0.3, -0.25) is 9.69 Å². The molecule has 2 unspecified atom stereocenters. The van der Waals surface area contributed by atoms with Crippen LogP contribution in [0.4, 0.5) is 4.79 Å². The normalized spacial score (nSPS) is 26.0. The van der Waals surface area contributed by atoms with Crippen molar-refractivity contribution in [3.05, 3.63) is 35.4 Å². The molecule has 0 bridgehead atoms. The maximum Gasteiger partial charge on any atom is 0.326 e. The highest BCUT2D eigenvalue weighted by Crippen LogP contribution is 2.41. The first kappa shape index (κ1) is 18.8. The highest BCUT2D eigenvalue weighted by Gasteiger charge is 2.44. The van der Waals surface area contributed by atoms with Gasteiger partial charge in [-0.05, 0) is 29.4 Å². The number of sulfonamides is 1. The highest BCUT2D eigenvalue weighted by molar-refractivity contribution is 7.90. The Morgan fingerprint density at radius 2 is 1.81 bits per heavy atom. The average Bonchev–Trinajstić information content (AvgIpc) is 2.59. The van der Waals surface area contributed by atoms with Crippen LogP contribution < -0.4 is 4.72 Å². The lowest BCUT2D eigenvalue weighted by atomic mass is 9.71. The summed E-state index contributed by atoms with van der Waals surface area (Å²) in [4.78, 5) is 26.3. The van der Waals surface area contributed by atoms with Crippen molar-refractivity contribution in [3.63, 3.8) is 0 Å². The van der Waals surface area contributed by atoms with Crippen molar-refractivity contribution in [3.8, 4) is 0 Å². The fraction of sp³-hybridized carbons (Fsp3) is 0.556. The van der Waals surface area contributed by atoms with Crippen LogP contribution in [0.1, 0.15) is 43.9 Å². The van der Waals surface area contributed by atoms with E-state index in [-0.39, 0.29) is 18.0 Å². The Hall–Kier alpha value is -1.93. The van der Waals surface area contributed by atoms with Gasteiger partial charge < -0.3 is 4.90 Å². The minimum Gasteiger partial charge on any atom is -0.325 e. The molecule has 1 aromatic carbocycles. The van der Waals surface area contributed by atoms with Gasteiger partial charge in [-0.15, -0.1) is 0 Å². The van der Waals surface area contributed by atoms with Crippen LogP contribution in [0.5, 0.6) is 0 Å². The summed E-state index contributed by atoms with van der Waals surface area (Å²) in [6.07, 6.45) is 1.50. The molecule has 1 fully saturated rings. The molecule has 26 heavy (non-hydrogen) atoms. The van der Waals surface area contributed by atoms with Crippen molar-refractivity contribution in [2.75, 3.05) is 20.6 Å². The lowest BCUT2D eigenvalue weighted by molar-refractivity contribution is -0.129. The Morgan fingerprint density at radius 1 is 1.15 bits per heavy atom. The van der Waals surface area contributed by atoms with E-state index in [0.717, 1.165) is 22.4 Å². The van der Waals surface area contributed by atoms with Crippen LogP contribution in [0.2, 0.25) is 0 Å². The van der Waals surface area contributed by atoms with Crippen molar-refractivity contribution >= 4 is 22.0 Å². The number of carbonyl (C=O) groups excluding carboxylic acids is 2. The number of nitrogens with one attached hydrogen (secondary N) is 1. The molecular weight excluding hydrogens is 354 g/mol. The molecule has 1 aromatic rings. The first-order chi connectivity index (χ1) is 12.0. The molecule has 0 aromatic heterocycles. The topological polar surface area (TPSA) is 86.8 Å². The quantitative estimate of drug-likeness (QED) is 0.864. The number of hydrogen-bond acceptors (Lipinski definition) is 4. The lowest BCUT2D eigenvalue weighted by Gasteiger charge is -2.39. The number of hydrogen-bond donors (Lipinski definition) is 1. The van der Waals surface area contributed by atoms with E-state index in [0.29, 0.717) is 6.42 Å². The summed E-state index contributed by atoms with van der Waals surface area (Å²) in [5, 5.41) is -1.29. The minimum atomic E-state index is -3.94. The summed E-state index contributed by atoms with van der Waals surface area (Å²) in [6.45, 7) is 4.16. The number of urea groups is 1. The van der Waals surface area contributed by atoms with Crippen molar-refractivity contribution in [2.45, 2.75) is 43.4 Å². The van der Waals surface area contributed by atoms with E-state index in [4.69, 9.17) is 0 Å². The molecule has 7 nitrogen and oxygen atoms in total. The maximum atomic E-state index is 12.9. The van der Waals surface area contributed by atoms with Crippen molar-refractivity contribution in [1.82, 2.24) is 14.5 Å². The standard InChI is InChI=1S/C18H25N3O4S/c1-18(2)10-9-14(12-7-5-6-8-13(12)18)19-26(24,25)15-11-20(3)17(23)21(4)16(15)22/h5-8,14-15,19H,9-11H2,1-4H3. The Balaban J connectivity index is 1.89. The van der Waals surface area contributed by atoms with E-state index in [9.17, 15) is 18.0 Å². The second-order valence-electron chi connectivity index (χ2n) is 7.77. The molecule has 1 aliphatic carbocycles. The summed E-state index contributed by atoms with van der Waals surface area (Å²) in [5.74, 6) is -0.690. The second kappa shape index (κ2) is 6.35. The second-order valence-corrected chi connectivity index (χ2v) is 9.67. The zero-order valence-corrected chi connectivity index (χ0v) is 16.3. The third-order valence-corrected chi connectivity index (χ3v) is 7.18. The van der Waals surface area contributed by atoms with Gasteiger partial charge in [0.05, 0.1) is 0 Å². The highest BCUT2D eigenvalue weighted by atomic mass is 32.2. The summed E-state index contributed by atoms with van der Waals surface area (Å²) in [5.41, 5.74) is 2.05. The molecule has 1 N–H and O–H groups in total. The summed E-state index contributed by atoms with van der Waals surface area (Å²) < 4.78 is 28.6. The molecule has 1 aliphatic heterocycles. The smallest absolute Gasteiger partial charge is 0.325 e. The maximum absolute atomic E-state index is 12.9. The molecular formula is C18H25N3O4S. The SMILES string of the molecule is CN1CC(S(=O)(=O)NC2CCC(C)(C)c3ccccc32)C(=O)N(C)C1=O. The van der Waals surface area contributed by atoms with Gasteiger partial charge in [0.1, 0.15) is 0 Å². The van der Waals surface area contributed by atoms with Gasteiger partial charge in [0.15, 0.2) is 5.25 Å². The van der Waals surface area contributed by atoms with Gasteiger partial charge in [0.25, 0.3) is 5.91 Å². The predicted octanol–water partition coefficient (Wildman–Crippen LogP) is 1.61. The number of benzene rings is 1. The van der Waals surface area contributed by atoms with Crippen LogP contribution >= 0.6 is 0 Å². The van der Waals surface area contributed by atoms with Crippen LogP contribution in [0.25, 0.3) is 0 Å². The Bertz CT molecular complexity index is 850. The molecule has 1 heterocycles. The van der Waals surface area contributed by atoms with Crippen LogP contribution in [-0.4, -0.2) is 56.0 Å². The van der Waals surface area contributed by atoms with E-state index in [1.165, 1.54) is 19.0 Å². The van der Waals surface area contributed by atoms with Gasteiger partial charge in [-0.2, -0.15) is 0 Å². The van der Waals surface area contributed by atoms with Crippen molar-refractivity contribution < 1.29 is 18.0 Å². The zero-order valence-electron chi connectivity index (χ0n) is 15.5. The van der Waals surface area contributed by atoms with Crippen LogP contribution in [0.3, 0.4) is 0 Å². The molecule has 0 spiro atoms. The van der Waals surface area contributed by atoms with Crippen LogP contribution in [-0.2, 0) is 20.2 Å². The Labute approximate surface area is 154 Å². The lowest BCUT2D eigenvalue weighted by Crippen LogP contribution is -2.60. The summed E-state index contributed by atoms with van der Waals surface area (Å²) in [7, 11) is -1.14. The van der Waals surface area contributed by atoms with E-state index >= 15 is 0 Å². The molecule has 1 saturated heterocycles. The molecule has 3 rings (SSSR count). The molecule has 142 valence electrons. The molecule has 0 radical (unpaired) electrons. The van der Waals surface area contributed by atoms with Crippen molar-refractivity contribution in [1.29, 1.82) is 0 Å². The molecule has 0 saturated carbocycles. The molecule has 2 aliphatic rings. The van der Waals surface area contributed by atoms with Crippen LogP contribution in [0.15, 0.2) is 24.3 Å². The number of rotatable bonds is 3. The Kier molecular flexibility index (Phi) is 4.60. The van der Waals surface area contributed by atoms with Crippen LogP contribution in [0, 0.1) is 0 Å². The molecule has 3 amide bonds. The average molecular weight is 379 g/mol. The monoisotopic (exact) mass is 379 g/mol. The number of imide groups is 1. The molecule has 2 atom stereocenters. The van der Waals surface area contributed by atoms with E-state index in [1.54, 1.807) is 0 Å². The first-order valence-electron chi connectivity index (χ1n) is 8.68. The van der Waals surface area contributed by atoms with Gasteiger partial charge in [0, 0.05) is 26.7 Å². The predicted molar refractivity (Wildman–Crippen MR) is 98.1 cm³/mol. The van der Waals surface area contributed by atoms with Crippen molar-refractivity contribution in [2.24, 2.45) is 0 Å². The fourth-order valence-corrected chi connectivity index (χ4v) is 5.47. The van der Waals surface area contributed by atoms with Gasteiger partial charge in [-0.1, -0.05) is 38.1 Å². The van der Waals surface area contributed by atoms with E-state index < -0.39 is 27.2 Å². The van der Waals surface area contributed by atoms with Gasteiger partial charge in [0.2, 0.25) is 10.0 Å². The summed E-state index contributed by atoms with van der Waals surface area (Å²) in [6, 6.07) is 6.96. The fourth-order valence-electron chi connectivity index (χ4n) is 3.82. The summed E-state index contributed by atoms with van der Waals surface area (Å²) >= 11 is 0. The zero-order chi connectivity index (χ0) is 19.3. The van der Waals surface area contributed by atoms with E-state index in [2.05, 4.69) is 18.6 Å². The molecule has 8 heteroatoms.